The van der Waals surface area contributed by atoms with Gasteiger partial charge in [-0.05, 0) is 43.4 Å². The van der Waals surface area contributed by atoms with Gasteiger partial charge in [0.1, 0.15) is 5.25 Å². The van der Waals surface area contributed by atoms with Crippen molar-refractivity contribution in [1.29, 1.82) is 0 Å². The van der Waals surface area contributed by atoms with Crippen molar-refractivity contribution in [3.05, 3.63) is 30.1 Å². The van der Waals surface area contributed by atoms with E-state index >= 15 is 0 Å². The molecular weight excluding hydrogens is 312 g/mol. The molecule has 126 valence electrons. The predicted octanol–water partition coefficient (Wildman–Crippen LogP) is 2.49. The quantitative estimate of drug-likeness (QED) is 0.832. The highest BCUT2D eigenvalue weighted by molar-refractivity contribution is 7.92. The second kappa shape index (κ2) is 6.99. The van der Waals surface area contributed by atoms with E-state index in [0.717, 1.165) is 37.7 Å². The first-order chi connectivity index (χ1) is 11.1. The summed E-state index contributed by atoms with van der Waals surface area (Å²) in [4.78, 5) is 18.9. The molecule has 0 saturated carbocycles. The summed E-state index contributed by atoms with van der Waals surface area (Å²) >= 11 is 0. The van der Waals surface area contributed by atoms with Gasteiger partial charge in [-0.25, -0.2) is 8.42 Å². The van der Waals surface area contributed by atoms with E-state index in [1.54, 1.807) is 12.4 Å². The Balaban J connectivity index is 1.89. The molecule has 3 rings (SSSR count). The minimum Gasteiger partial charge on any atom is -0.335 e. The lowest BCUT2D eigenvalue weighted by atomic mass is 10.0. The zero-order chi connectivity index (χ0) is 16.3. The molecule has 1 aromatic rings. The van der Waals surface area contributed by atoms with E-state index in [1.165, 1.54) is 0 Å². The molecule has 1 aromatic heterocycles. The van der Waals surface area contributed by atoms with E-state index in [-0.39, 0.29) is 17.7 Å². The van der Waals surface area contributed by atoms with Gasteiger partial charge in [0, 0.05) is 18.9 Å². The lowest BCUT2D eigenvalue weighted by Crippen LogP contribution is -2.46. The first-order valence-electron chi connectivity index (χ1n) is 8.51. The topological polar surface area (TPSA) is 67.3 Å². The molecule has 0 bridgehead atoms. The van der Waals surface area contributed by atoms with Crippen LogP contribution in [0.15, 0.2) is 24.5 Å². The van der Waals surface area contributed by atoms with Gasteiger partial charge in [0.15, 0.2) is 9.84 Å². The molecule has 0 N–H and O–H groups in total. The minimum absolute atomic E-state index is 0.0230. The Morgan fingerprint density at radius 1 is 1.04 bits per heavy atom. The number of hydrogen-bond acceptors (Lipinski definition) is 4. The minimum atomic E-state index is -3.29. The lowest BCUT2D eigenvalue weighted by Gasteiger charge is -2.34. The summed E-state index contributed by atoms with van der Waals surface area (Å²) in [5.41, 5.74) is 1.06. The Kier molecular flexibility index (Phi) is 4.99. The third-order valence-corrected chi connectivity index (χ3v) is 7.14. The third-order valence-electron chi connectivity index (χ3n) is 4.98. The van der Waals surface area contributed by atoms with Crippen LogP contribution in [0.5, 0.6) is 0 Å². The van der Waals surface area contributed by atoms with Crippen molar-refractivity contribution in [2.75, 3.05) is 12.3 Å². The van der Waals surface area contributed by atoms with Crippen LogP contribution in [0, 0.1) is 0 Å². The van der Waals surface area contributed by atoms with Gasteiger partial charge in [-0.3, -0.25) is 9.78 Å². The fourth-order valence-electron chi connectivity index (χ4n) is 3.72. The Bertz CT molecular complexity index is 645. The van der Waals surface area contributed by atoms with Crippen LogP contribution in [-0.4, -0.2) is 41.8 Å². The number of sulfone groups is 1. The van der Waals surface area contributed by atoms with Crippen molar-refractivity contribution in [3.63, 3.8) is 0 Å². The number of pyridine rings is 1. The van der Waals surface area contributed by atoms with Crippen LogP contribution in [0.3, 0.4) is 0 Å². The molecule has 23 heavy (non-hydrogen) atoms. The molecule has 5 nitrogen and oxygen atoms in total. The van der Waals surface area contributed by atoms with Crippen molar-refractivity contribution in [2.24, 2.45) is 0 Å². The van der Waals surface area contributed by atoms with Crippen LogP contribution in [0.1, 0.15) is 56.6 Å². The smallest absolute Gasteiger partial charge is 0.241 e. The van der Waals surface area contributed by atoms with Gasteiger partial charge in [-0.15, -0.1) is 0 Å². The number of hydrogen-bond donors (Lipinski definition) is 0. The molecule has 0 unspecified atom stereocenters. The normalized spacial score (nSPS) is 28.1. The van der Waals surface area contributed by atoms with Crippen molar-refractivity contribution in [1.82, 2.24) is 9.88 Å². The average molecular weight is 336 g/mol. The SMILES string of the molecule is O=C([C@H]1CCCCS1(=O)=O)N1CCCCC[C@@H]1c1ccncc1. The maximum atomic E-state index is 13.0. The Morgan fingerprint density at radius 3 is 2.52 bits per heavy atom. The summed E-state index contributed by atoms with van der Waals surface area (Å²) in [6.45, 7) is 0.651. The zero-order valence-corrected chi connectivity index (χ0v) is 14.2. The molecule has 2 fully saturated rings. The number of carbonyl (C=O) groups is 1. The summed E-state index contributed by atoms with van der Waals surface area (Å²) in [6.07, 6.45) is 9.43. The number of rotatable bonds is 2. The van der Waals surface area contributed by atoms with Crippen molar-refractivity contribution >= 4 is 15.7 Å². The molecule has 6 heteroatoms. The maximum Gasteiger partial charge on any atom is 0.241 e. The molecule has 2 saturated heterocycles. The molecule has 3 heterocycles. The molecule has 2 aliphatic heterocycles. The number of likely N-dealkylation sites (tertiary alicyclic amines) is 1. The van der Waals surface area contributed by atoms with Gasteiger partial charge in [0.2, 0.25) is 5.91 Å². The van der Waals surface area contributed by atoms with Crippen LogP contribution in [-0.2, 0) is 14.6 Å². The van der Waals surface area contributed by atoms with E-state index in [0.29, 0.717) is 19.4 Å². The number of nitrogens with zero attached hydrogens (tertiary/aromatic N) is 2. The van der Waals surface area contributed by atoms with E-state index in [4.69, 9.17) is 0 Å². The van der Waals surface area contributed by atoms with Gasteiger partial charge in [-0.2, -0.15) is 0 Å². The lowest BCUT2D eigenvalue weighted by molar-refractivity contribution is -0.133. The maximum absolute atomic E-state index is 13.0. The summed E-state index contributed by atoms with van der Waals surface area (Å²) in [7, 11) is -3.29. The second-order valence-corrected chi connectivity index (χ2v) is 8.83. The third kappa shape index (κ3) is 3.57. The second-order valence-electron chi connectivity index (χ2n) is 6.53. The van der Waals surface area contributed by atoms with Crippen LogP contribution in [0.4, 0.5) is 0 Å². The fraction of sp³-hybridized carbons (Fsp3) is 0.647. The highest BCUT2D eigenvalue weighted by Crippen LogP contribution is 2.32. The Morgan fingerprint density at radius 2 is 1.78 bits per heavy atom. The number of carbonyl (C=O) groups excluding carboxylic acids is 1. The molecule has 0 aromatic carbocycles. The summed E-state index contributed by atoms with van der Waals surface area (Å²) in [5.74, 6) is -0.0367. The van der Waals surface area contributed by atoms with Crippen LogP contribution < -0.4 is 0 Å². The van der Waals surface area contributed by atoms with Gasteiger partial charge in [-0.1, -0.05) is 19.3 Å². The van der Waals surface area contributed by atoms with Crippen molar-refractivity contribution < 1.29 is 13.2 Å². The Hall–Kier alpha value is -1.43. The summed E-state index contributed by atoms with van der Waals surface area (Å²) < 4.78 is 24.7. The van der Waals surface area contributed by atoms with Crippen molar-refractivity contribution in [3.8, 4) is 0 Å². The molecule has 2 aliphatic rings. The van der Waals surface area contributed by atoms with E-state index < -0.39 is 15.1 Å². The summed E-state index contributed by atoms with van der Waals surface area (Å²) in [6, 6.07) is 3.85. The molecule has 0 aliphatic carbocycles. The summed E-state index contributed by atoms with van der Waals surface area (Å²) in [5, 5.41) is -0.835. The Labute approximate surface area is 138 Å². The molecule has 0 radical (unpaired) electrons. The van der Waals surface area contributed by atoms with Gasteiger partial charge in [0.05, 0.1) is 11.8 Å². The predicted molar refractivity (Wildman–Crippen MR) is 88.6 cm³/mol. The van der Waals surface area contributed by atoms with E-state index in [2.05, 4.69) is 4.98 Å². The number of aromatic nitrogens is 1. The van der Waals surface area contributed by atoms with Gasteiger partial charge < -0.3 is 4.90 Å². The molecule has 1 amide bonds. The van der Waals surface area contributed by atoms with Gasteiger partial charge in [0.25, 0.3) is 0 Å². The van der Waals surface area contributed by atoms with E-state index in [1.807, 2.05) is 17.0 Å². The van der Waals surface area contributed by atoms with Crippen LogP contribution in [0.2, 0.25) is 0 Å². The van der Waals surface area contributed by atoms with Crippen molar-refractivity contribution in [2.45, 2.75) is 56.2 Å². The molecular formula is C17H24N2O3S. The fourth-order valence-corrected chi connectivity index (χ4v) is 5.58. The molecule has 2 atom stereocenters. The van der Waals surface area contributed by atoms with Crippen LogP contribution in [0.25, 0.3) is 0 Å². The highest BCUT2D eigenvalue weighted by Gasteiger charge is 2.39. The van der Waals surface area contributed by atoms with Gasteiger partial charge >= 0.3 is 0 Å². The first-order valence-corrected chi connectivity index (χ1v) is 10.2. The average Bonchev–Trinajstić information content (AvgIpc) is 2.80. The monoisotopic (exact) mass is 336 g/mol. The van der Waals surface area contributed by atoms with Crippen LogP contribution >= 0.6 is 0 Å². The zero-order valence-electron chi connectivity index (χ0n) is 13.4. The standard InChI is InChI=1S/C17H24N2O3S/c20-17(16-7-3-5-13-23(16,21)22)19-12-4-1-2-6-15(19)14-8-10-18-11-9-14/h8-11,15-16H,1-7,12-13H2/t15-,16-/m1/s1. The van der Waals surface area contributed by atoms with E-state index in [9.17, 15) is 13.2 Å². The molecule has 0 spiro atoms. The number of amides is 1. The first kappa shape index (κ1) is 16.4. The highest BCUT2D eigenvalue weighted by atomic mass is 32.2. The largest absolute Gasteiger partial charge is 0.335 e.